The van der Waals surface area contributed by atoms with Crippen molar-refractivity contribution in [1.29, 1.82) is 0 Å². The summed E-state index contributed by atoms with van der Waals surface area (Å²) in [4.78, 5) is 9.44. The number of fused-ring (bicyclic) bond motifs is 2. The molecule has 0 saturated heterocycles. The molecule has 4 heteroatoms. The van der Waals surface area contributed by atoms with Crippen LogP contribution in [0.1, 0.15) is 30.4 Å². The van der Waals surface area contributed by atoms with Crippen LogP contribution in [0.3, 0.4) is 0 Å². The van der Waals surface area contributed by atoms with Crippen molar-refractivity contribution in [3.8, 4) is 0 Å². The minimum Gasteiger partial charge on any atom is -0.311 e. The zero-order valence-electron chi connectivity index (χ0n) is 42.8. The van der Waals surface area contributed by atoms with Crippen molar-refractivity contribution in [3.63, 3.8) is 0 Å². The molecule has 0 amide bonds. The highest BCUT2D eigenvalue weighted by atomic mass is 15.2. The first kappa shape index (κ1) is 46.9. The predicted octanol–water partition coefficient (Wildman–Crippen LogP) is 21.0. The third-order valence-electron chi connectivity index (χ3n) is 15.0. The summed E-state index contributed by atoms with van der Waals surface area (Å²) in [6, 6.07) is 110. The zero-order chi connectivity index (χ0) is 51.3. The molecular weight excluding hydrogens is 933 g/mol. The second-order valence-electron chi connectivity index (χ2n) is 19.6. The second-order valence-corrected chi connectivity index (χ2v) is 19.6. The molecule has 12 aromatic carbocycles. The number of allylic oxidation sites excluding steroid dienone is 2. The molecule has 12 aromatic rings. The van der Waals surface area contributed by atoms with E-state index in [9.17, 15) is 0 Å². The Morgan fingerprint density at radius 2 is 0.442 bits per heavy atom. The largest absolute Gasteiger partial charge is 0.311 e. The molecular formula is C73H56N4. The van der Waals surface area contributed by atoms with E-state index in [0.717, 1.165) is 87.5 Å². The van der Waals surface area contributed by atoms with Gasteiger partial charge in [-0.1, -0.05) is 170 Å². The van der Waals surface area contributed by atoms with Crippen molar-refractivity contribution in [2.45, 2.75) is 19.3 Å². The number of anilines is 12. The van der Waals surface area contributed by atoms with Crippen LogP contribution in [0.15, 0.2) is 303 Å². The van der Waals surface area contributed by atoms with E-state index in [1.54, 1.807) is 0 Å². The van der Waals surface area contributed by atoms with E-state index in [1.807, 2.05) is 0 Å². The number of hydrogen-bond acceptors (Lipinski definition) is 4. The lowest BCUT2D eigenvalue weighted by Gasteiger charge is -2.29. The van der Waals surface area contributed by atoms with Gasteiger partial charge in [0.15, 0.2) is 0 Å². The van der Waals surface area contributed by atoms with Crippen molar-refractivity contribution in [3.05, 3.63) is 314 Å². The highest BCUT2D eigenvalue weighted by Gasteiger charge is 2.23. The molecule has 4 nitrogen and oxygen atoms in total. The summed E-state index contributed by atoms with van der Waals surface area (Å²) in [5.41, 5.74) is 18.7. The number of nitrogens with zero attached hydrogens (tertiary/aromatic N) is 4. The van der Waals surface area contributed by atoms with Gasteiger partial charge in [-0.15, -0.1) is 0 Å². The number of para-hydroxylation sites is 4. The van der Waals surface area contributed by atoms with E-state index in [-0.39, 0.29) is 0 Å². The molecule has 13 rings (SSSR count). The SMILES string of the molecule is c1ccc(N(c2ccccc2)c2ccc(N(c3ccc(C4=C(c5ccc(N(c6ccc(N(c7ccccc7)c7ccccc7)cc6)c6cccc7ccccc67)cc5)CCC4)cc3)c3cccc4ccccc34)cc2)cc1. The maximum atomic E-state index is 2.41. The van der Waals surface area contributed by atoms with Crippen LogP contribution >= 0.6 is 0 Å². The van der Waals surface area contributed by atoms with E-state index < -0.39 is 0 Å². The Kier molecular flexibility index (Phi) is 12.9. The highest BCUT2D eigenvalue weighted by molar-refractivity contribution is 6.01. The molecule has 77 heavy (non-hydrogen) atoms. The molecule has 0 spiro atoms. The summed E-state index contributed by atoms with van der Waals surface area (Å²) >= 11 is 0. The molecule has 0 fully saturated rings. The van der Waals surface area contributed by atoms with Crippen LogP contribution in [0.5, 0.6) is 0 Å². The van der Waals surface area contributed by atoms with E-state index in [2.05, 4.69) is 323 Å². The molecule has 0 radical (unpaired) electrons. The van der Waals surface area contributed by atoms with Gasteiger partial charge in [0.05, 0.1) is 11.4 Å². The number of hydrogen-bond donors (Lipinski definition) is 0. The normalized spacial score (nSPS) is 12.2. The molecule has 0 aliphatic heterocycles. The molecule has 0 saturated carbocycles. The summed E-state index contributed by atoms with van der Waals surface area (Å²) in [6.07, 6.45) is 3.21. The summed E-state index contributed by atoms with van der Waals surface area (Å²) in [5, 5.41) is 4.83. The van der Waals surface area contributed by atoms with Gasteiger partial charge in [-0.2, -0.15) is 0 Å². The van der Waals surface area contributed by atoms with Gasteiger partial charge in [0, 0.05) is 67.6 Å². The minimum absolute atomic E-state index is 1.04. The van der Waals surface area contributed by atoms with Crippen molar-refractivity contribution in [2.24, 2.45) is 0 Å². The molecule has 0 heterocycles. The van der Waals surface area contributed by atoms with Crippen molar-refractivity contribution >= 4 is 101 Å². The van der Waals surface area contributed by atoms with Gasteiger partial charge in [0.1, 0.15) is 0 Å². The summed E-state index contributed by atoms with van der Waals surface area (Å²) < 4.78 is 0. The summed E-state index contributed by atoms with van der Waals surface area (Å²) in [6.45, 7) is 0. The molecule has 0 N–H and O–H groups in total. The minimum atomic E-state index is 1.04. The molecule has 1 aliphatic rings. The van der Waals surface area contributed by atoms with Gasteiger partial charge in [-0.05, 0) is 186 Å². The highest BCUT2D eigenvalue weighted by Crippen LogP contribution is 2.46. The van der Waals surface area contributed by atoms with Crippen molar-refractivity contribution in [1.82, 2.24) is 0 Å². The molecule has 0 unspecified atom stereocenters. The lowest BCUT2D eigenvalue weighted by atomic mass is 9.96. The molecule has 0 bridgehead atoms. The number of benzene rings is 12. The van der Waals surface area contributed by atoms with Gasteiger partial charge < -0.3 is 19.6 Å². The first-order chi connectivity index (χ1) is 38.2. The van der Waals surface area contributed by atoms with Crippen molar-refractivity contribution < 1.29 is 0 Å². The first-order valence-corrected chi connectivity index (χ1v) is 26.7. The molecule has 1 aliphatic carbocycles. The van der Waals surface area contributed by atoms with E-state index in [1.165, 1.54) is 43.8 Å². The Bertz CT molecular complexity index is 3620. The fourth-order valence-electron chi connectivity index (χ4n) is 11.4. The van der Waals surface area contributed by atoms with Crippen LogP contribution in [-0.2, 0) is 0 Å². The van der Waals surface area contributed by atoms with Crippen LogP contribution in [0.4, 0.5) is 68.2 Å². The monoisotopic (exact) mass is 988 g/mol. The molecule has 0 atom stereocenters. The quantitative estimate of drug-likeness (QED) is 0.108. The first-order valence-electron chi connectivity index (χ1n) is 26.7. The fraction of sp³-hybridized carbons (Fsp3) is 0.0411. The Morgan fingerprint density at radius 3 is 0.766 bits per heavy atom. The van der Waals surface area contributed by atoms with E-state index >= 15 is 0 Å². The third kappa shape index (κ3) is 9.39. The molecule has 0 aromatic heterocycles. The van der Waals surface area contributed by atoms with Crippen molar-refractivity contribution in [2.75, 3.05) is 19.6 Å². The summed E-state index contributed by atoms with van der Waals surface area (Å²) in [5.74, 6) is 0. The topological polar surface area (TPSA) is 13.0 Å². The average molecular weight is 989 g/mol. The lowest BCUT2D eigenvalue weighted by molar-refractivity contribution is 0.942. The van der Waals surface area contributed by atoms with Gasteiger partial charge in [0.2, 0.25) is 0 Å². The van der Waals surface area contributed by atoms with Gasteiger partial charge in [-0.25, -0.2) is 0 Å². The van der Waals surface area contributed by atoms with Crippen LogP contribution in [0.25, 0.3) is 32.7 Å². The van der Waals surface area contributed by atoms with E-state index in [0.29, 0.717) is 0 Å². The van der Waals surface area contributed by atoms with Gasteiger partial charge in [-0.3, -0.25) is 0 Å². The average Bonchev–Trinajstić information content (AvgIpc) is 4.01. The molecule has 368 valence electrons. The summed E-state index contributed by atoms with van der Waals surface area (Å²) in [7, 11) is 0. The van der Waals surface area contributed by atoms with Gasteiger partial charge >= 0.3 is 0 Å². The third-order valence-corrected chi connectivity index (χ3v) is 15.0. The van der Waals surface area contributed by atoms with E-state index in [4.69, 9.17) is 0 Å². The van der Waals surface area contributed by atoms with Crippen LogP contribution in [0.2, 0.25) is 0 Å². The lowest BCUT2D eigenvalue weighted by Crippen LogP contribution is -2.12. The predicted molar refractivity (Wildman–Crippen MR) is 327 cm³/mol. The van der Waals surface area contributed by atoms with Crippen LogP contribution in [-0.4, -0.2) is 0 Å². The number of rotatable bonds is 14. The maximum Gasteiger partial charge on any atom is 0.0540 e. The smallest absolute Gasteiger partial charge is 0.0540 e. The Balaban J connectivity index is 0.839. The van der Waals surface area contributed by atoms with Crippen LogP contribution in [0, 0.1) is 0 Å². The standard InChI is InChI=1S/C73H56N4/c1-5-24-58(25-6-1)74(59-26-7-2-8-27-59)62-46-50-66(51-47-62)76(72-36-17-22-54-20-13-15-32-70(54)72)64-42-38-56(39-43-64)68-34-19-35-69(68)57-40-44-65(45-41-57)77(73-37-18-23-55-21-14-16-33-71(55)73)67-52-48-63(49-53-67)75(60-28-9-3-10-29-60)61-30-11-4-12-31-61/h1-18,20-33,36-53H,19,34-35H2. The van der Waals surface area contributed by atoms with Gasteiger partial charge in [0.25, 0.3) is 0 Å². The second kappa shape index (κ2) is 21.1. The Labute approximate surface area is 451 Å². The zero-order valence-corrected chi connectivity index (χ0v) is 42.8. The Hall–Kier alpha value is -9.90. The maximum absolute atomic E-state index is 2.41. The Morgan fingerprint density at radius 1 is 0.195 bits per heavy atom. The fourth-order valence-corrected chi connectivity index (χ4v) is 11.4. The van der Waals surface area contributed by atoms with Crippen LogP contribution < -0.4 is 19.6 Å².